The van der Waals surface area contributed by atoms with E-state index in [0.29, 0.717) is 16.7 Å². The Balaban J connectivity index is 0.000000113. The van der Waals surface area contributed by atoms with Gasteiger partial charge in [-0.25, -0.2) is 15.0 Å². The molecule has 606 valence electrons. The third-order valence-corrected chi connectivity index (χ3v) is 25.4. The zero-order valence-corrected chi connectivity index (χ0v) is 71.9. The van der Waals surface area contributed by atoms with Crippen molar-refractivity contribution in [3.63, 3.8) is 0 Å². The van der Waals surface area contributed by atoms with Gasteiger partial charge < -0.3 is 13.7 Å². The lowest BCUT2D eigenvalue weighted by Crippen LogP contribution is -2.03. The minimum absolute atomic E-state index is 0.627. The highest BCUT2D eigenvalue weighted by Gasteiger charge is 2.26. The Labute approximate surface area is 739 Å². The first-order valence-corrected chi connectivity index (χ1v) is 43.2. The van der Waals surface area contributed by atoms with Crippen molar-refractivity contribution in [1.29, 1.82) is 15.8 Å². The standard InChI is InChI=1S/C40H30N4.2C38H26N4/c1-24-8-12-30-31-13-9-25(2)17-36(31)43(35(30)16-24)39-23-42-40(21-34(39)29-7-5-6-28(20-29)22-41)44-37-18-26(3)10-14-32(37)33-15-11-27(4)19-38(33)44;1-24-14-16-35-31(18-24)28-10-3-5-12-33(28)41(35)37-23-40-38(21-30(37)27-9-7-8-26(20-27)22-39)42-34-13-6-4-11-29(34)32-19-25(2)15-17-36(32)42;1-24-14-16-30-28-10-3-5-12-33(28)41(35(30)18-24)37-23-40-38(21-32(37)27-9-7-8-26(20-27)22-39)42-34-13-6-4-11-29(34)31-17-15-25(2)19-36(31)42/h5-21,23H,1-4H3;2*3-21,23H,1-2H3. The van der Waals surface area contributed by atoms with Crippen LogP contribution in [0.2, 0.25) is 0 Å². The monoisotopic (exact) mass is 1640 g/mol. The van der Waals surface area contributed by atoms with Crippen molar-refractivity contribution in [2.45, 2.75) is 55.4 Å². The van der Waals surface area contributed by atoms with Crippen LogP contribution in [0.25, 0.3) is 199 Å². The number of aromatic nitrogens is 9. The summed E-state index contributed by atoms with van der Waals surface area (Å²) >= 11 is 0. The summed E-state index contributed by atoms with van der Waals surface area (Å²) in [5.41, 5.74) is 34.0. The third-order valence-electron chi connectivity index (χ3n) is 25.4. The van der Waals surface area contributed by atoms with Crippen molar-refractivity contribution >= 4 is 131 Å². The van der Waals surface area contributed by atoms with Gasteiger partial charge in [0.25, 0.3) is 0 Å². The van der Waals surface area contributed by atoms with Gasteiger partial charge in [0.15, 0.2) is 0 Å². The Morgan fingerprint density at radius 1 is 0.188 bits per heavy atom. The molecule has 9 aromatic heterocycles. The second-order valence-electron chi connectivity index (χ2n) is 34.0. The topological polar surface area (TPSA) is 140 Å². The maximum atomic E-state index is 9.83. The fraction of sp³-hybridized carbons (Fsp3) is 0.0690. The van der Waals surface area contributed by atoms with Crippen molar-refractivity contribution in [3.8, 4) is 86.1 Å². The molecule has 0 aliphatic heterocycles. The summed E-state index contributed by atoms with van der Waals surface area (Å²) in [5, 5.41) is 43.8. The highest BCUT2D eigenvalue weighted by atomic mass is 15.1. The van der Waals surface area contributed by atoms with E-state index < -0.39 is 0 Å². The van der Waals surface area contributed by atoms with Crippen molar-refractivity contribution in [2.24, 2.45) is 0 Å². The van der Waals surface area contributed by atoms with E-state index in [1.54, 1.807) is 0 Å². The van der Waals surface area contributed by atoms with Gasteiger partial charge in [0, 0.05) is 81.3 Å². The van der Waals surface area contributed by atoms with E-state index in [1.165, 1.54) is 109 Å². The predicted octanol–water partition coefficient (Wildman–Crippen LogP) is 28.9. The SMILES string of the molecule is Cc1ccc2c(c1)c1ccccc1n2-c1cc(-c2cccc(C#N)c2)c(-n2c3ccccc3c3cc(C)ccc32)cn1.Cc1ccc2c3ccc(C)cc3n(-c3cc(-c4cccc(C#N)c4)c(-n4c5cc(C)ccc5c5ccc(C)cc54)cn3)c2c1.Cc1ccc2c3ccccc3n(-c3cc(-c4cccc(C#N)c4)c(-n4c5ccccc5c5ccc(C)cc54)cn3)c2c1. The van der Waals surface area contributed by atoms with Gasteiger partial charge in [-0.1, -0.05) is 205 Å². The molecule has 0 N–H and O–H groups in total. The van der Waals surface area contributed by atoms with Crippen molar-refractivity contribution in [1.82, 2.24) is 42.4 Å². The molecule has 0 bridgehead atoms. The number of nitriles is 3. The van der Waals surface area contributed by atoms with Crippen molar-refractivity contribution < 1.29 is 0 Å². The molecule has 24 aromatic rings. The number of aryl methyl sites for hydroxylation is 8. The average molecular weight is 1640 g/mol. The molecule has 0 aliphatic rings. The van der Waals surface area contributed by atoms with Crippen molar-refractivity contribution in [3.05, 3.63) is 413 Å². The molecule has 0 saturated carbocycles. The van der Waals surface area contributed by atoms with Crippen LogP contribution >= 0.6 is 0 Å². The fourth-order valence-corrected chi connectivity index (χ4v) is 19.5. The molecule has 15 aromatic carbocycles. The summed E-state index contributed by atoms with van der Waals surface area (Å²) in [4.78, 5) is 15.5. The van der Waals surface area contributed by atoms with Crippen LogP contribution in [0.1, 0.15) is 61.2 Å². The molecule has 24 rings (SSSR count). The zero-order valence-electron chi connectivity index (χ0n) is 71.9. The zero-order chi connectivity index (χ0) is 86.9. The molecule has 128 heavy (non-hydrogen) atoms. The summed E-state index contributed by atoms with van der Waals surface area (Å²) < 4.78 is 13.8. The number of fused-ring (bicyclic) bond motifs is 18. The van der Waals surface area contributed by atoms with E-state index in [-0.39, 0.29) is 0 Å². The van der Waals surface area contributed by atoms with E-state index in [9.17, 15) is 15.8 Å². The molecular formula is C116H82N12. The number of rotatable bonds is 9. The minimum atomic E-state index is 0.627. The number of para-hydroxylation sites is 4. The lowest BCUT2D eigenvalue weighted by Gasteiger charge is -2.17. The van der Waals surface area contributed by atoms with Gasteiger partial charge in [-0.2, -0.15) is 15.8 Å². The summed E-state index contributed by atoms with van der Waals surface area (Å²) in [5.74, 6) is 2.52. The largest absolute Gasteiger partial charge is 0.307 e. The predicted molar refractivity (Wildman–Crippen MR) is 527 cm³/mol. The molecular weight excluding hydrogens is 1560 g/mol. The number of nitrogens with zero attached hydrogens (tertiary/aromatic N) is 12. The summed E-state index contributed by atoms with van der Waals surface area (Å²) in [7, 11) is 0. The Morgan fingerprint density at radius 3 is 0.719 bits per heavy atom. The van der Waals surface area contributed by atoms with Crippen molar-refractivity contribution in [2.75, 3.05) is 0 Å². The number of hydrogen-bond donors (Lipinski definition) is 0. The van der Waals surface area contributed by atoms with Crippen LogP contribution in [0.3, 0.4) is 0 Å². The molecule has 0 fully saturated rings. The molecule has 0 amide bonds. The van der Waals surface area contributed by atoms with Crippen LogP contribution in [-0.2, 0) is 0 Å². The van der Waals surface area contributed by atoms with Gasteiger partial charge in [0.05, 0.1) is 137 Å². The third kappa shape index (κ3) is 12.9. The lowest BCUT2D eigenvalue weighted by atomic mass is 10.0. The molecule has 0 spiro atoms. The smallest absolute Gasteiger partial charge is 0.138 e. The molecule has 0 radical (unpaired) electrons. The van der Waals surface area contributed by atoms with Crippen LogP contribution in [-0.4, -0.2) is 42.4 Å². The first-order chi connectivity index (χ1) is 62.6. The van der Waals surface area contributed by atoms with Crippen LogP contribution in [0, 0.1) is 89.4 Å². The molecule has 12 heteroatoms. The molecule has 0 aliphatic carbocycles. The van der Waals surface area contributed by atoms with E-state index >= 15 is 0 Å². The molecule has 0 atom stereocenters. The summed E-state index contributed by atoms with van der Waals surface area (Å²) in [6, 6.07) is 124. The maximum Gasteiger partial charge on any atom is 0.138 e. The van der Waals surface area contributed by atoms with Crippen LogP contribution in [0.4, 0.5) is 0 Å². The Hall–Kier alpha value is -17.0. The van der Waals surface area contributed by atoms with Gasteiger partial charge >= 0.3 is 0 Å². The number of pyridine rings is 3. The van der Waals surface area contributed by atoms with E-state index in [1.807, 2.05) is 73.2 Å². The van der Waals surface area contributed by atoms with Gasteiger partial charge in [0.1, 0.15) is 17.5 Å². The minimum Gasteiger partial charge on any atom is -0.307 e. The molecule has 0 saturated heterocycles. The van der Waals surface area contributed by atoms with E-state index in [4.69, 9.17) is 15.0 Å². The quantitative estimate of drug-likeness (QED) is 0.141. The average Bonchev–Trinajstić information content (AvgIpc) is 1.57. The number of benzene rings is 15. The van der Waals surface area contributed by atoms with Gasteiger partial charge in [0.2, 0.25) is 0 Å². The summed E-state index contributed by atoms with van der Waals surface area (Å²) in [6.07, 6.45) is 6.00. The fourth-order valence-electron chi connectivity index (χ4n) is 19.5. The first kappa shape index (κ1) is 77.1. The molecule has 0 unspecified atom stereocenters. The van der Waals surface area contributed by atoms with E-state index in [0.717, 1.165) is 134 Å². The van der Waals surface area contributed by atoms with E-state index in [2.05, 4.69) is 380 Å². The van der Waals surface area contributed by atoms with Crippen LogP contribution < -0.4 is 0 Å². The summed E-state index contributed by atoms with van der Waals surface area (Å²) in [6.45, 7) is 17.1. The second kappa shape index (κ2) is 30.8. The molecule has 9 heterocycles. The van der Waals surface area contributed by atoms with Crippen LogP contribution in [0.15, 0.2) is 352 Å². The Kier molecular flexibility index (Phi) is 18.6. The van der Waals surface area contributed by atoms with Crippen LogP contribution in [0.5, 0.6) is 0 Å². The number of hydrogen-bond acceptors (Lipinski definition) is 6. The normalized spacial score (nSPS) is 11.6. The Bertz CT molecular complexity index is 8820. The highest BCUT2D eigenvalue weighted by molar-refractivity contribution is 6.15. The maximum absolute atomic E-state index is 9.83. The van der Waals surface area contributed by atoms with Gasteiger partial charge in [-0.05, 0) is 245 Å². The van der Waals surface area contributed by atoms with Gasteiger partial charge in [-0.3, -0.25) is 13.7 Å². The lowest BCUT2D eigenvalue weighted by molar-refractivity contribution is 1.05. The second-order valence-corrected chi connectivity index (χ2v) is 34.0. The molecule has 12 nitrogen and oxygen atoms in total. The highest BCUT2D eigenvalue weighted by Crippen LogP contribution is 2.45. The first-order valence-electron chi connectivity index (χ1n) is 43.2. The Morgan fingerprint density at radius 2 is 0.406 bits per heavy atom. The van der Waals surface area contributed by atoms with Gasteiger partial charge in [-0.15, -0.1) is 0 Å².